The fraction of sp³-hybridized carbons (Fsp3) is 0.500. The number of hydrogen-bond donors (Lipinski definition) is 1. The Morgan fingerprint density at radius 1 is 1.44 bits per heavy atom. The number of alkyl carbamates (subject to hydrolysis) is 1. The molecule has 1 heterocycles. The number of carbonyl (C=O) groups is 2. The number of nitrogens with one attached hydrogen (secondary N) is 1. The van der Waals surface area contributed by atoms with Gasteiger partial charge in [0.1, 0.15) is 18.5 Å². The van der Waals surface area contributed by atoms with Crippen LogP contribution in [-0.2, 0) is 4.74 Å². The zero-order valence-electron chi connectivity index (χ0n) is 9.56. The molecule has 0 fully saturated rings. The van der Waals surface area contributed by atoms with E-state index in [1.165, 1.54) is 23.3 Å². The maximum absolute atomic E-state index is 11.4. The molecule has 0 atom stereocenters. The van der Waals surface area contributed by atoms with E-state index in [1.54, 1.807) is 20.8 Å². The van der Waals surface area contributed by atoms with Crippen molar-refractivity contribution < 1.29 is 14.3 Å². The van der Waals surface area contributed by atoms with E-state index in [4.69, 9.17) is 4.74 Å². The minimum Gasteiger partial charge on any atom is -0.444 e. The first-order valence-electron chi connectivity index (χ1n) is 4.86. The van der Waals surface area contributed by atoms with Crippen LogP contribution in [-0.4, -0.2) is 33.7 Å². The van der Waals surface area contributed by atoms with Crippen molar-refractivity contribution in [2.24, 2.45) is 0 Å². The zero-order chi connectivity index (χ0) is 12.2. The molecule has 6 heteroatoms. The average Bonchev–Trinajstić information content (AvgIpc) is 2.64. The summed E-state index contributed by atoms with van der Waals surface area (Å²) in [6, 6.07) is 0. The molecule has 6 nitrogen and oxygen atoms in total. The van der Waals surface area contributed by atoms with Crippen LogP contribution < -0.4 is 5.32 Å². The quantitative estimate of drug-likeness (QED) is 0.816. The van der Waals surface area contributed by atoms with Crippen LogP contribution >= 0.6 is 0 Å². The third kappa shape index (κ3) is 4.12. The second-order valence-electron chi connectivity index (χ2n) is 4.22. The van der Waals surface area contributed by atoms with Crippen molar-refractivity contribution in [3.05, 3.63) is 18.7 Å². The van der Waals surface area contributed by atoms with E-state index in [0.717, 1.165) is 0 Å². The minimum atomic E-state index is -0.610. The van der Waals surface area contributed by atoms with E-state index in [9.17, 15) is 9.59 Å². The maximum atomic E-state index is 11.4. The predicted molar refractivity (Wildman–Crippen MR) is 57.1 cm³/mol. The predicted octanol–water partition coefficient (Wildman–Crippen LogP) is 1.05. The van der Waals surface area contributed by atoms with E-state index in [-0.39, 0.29) is 12.5 Å². The number of aromatic nitrogens is 2. The highest BCUT2D eigenvalue weighted by molar-refractivity contribution is 5.84. The molecule has 1 aromatic rings. The summed E-state index contributed by atoms with van der Waals surface area (Å²) in [7, 11) is 0. The average molecular weight is 225 g/mol. The highest BCUT2D eigenvalue weighted by Crippen LogP contribution is 2.06. The van der Waals surface area contributed by atoms with Gasteiger partial charge in [-0.25, -0.2) is 9.78 Å². The molecule has 1 N–H and O–H groups in total. The van der Waals surface area contributed by atoms with Crippen LogP contribution in [0.25, 0.3) is 0 Å². The van der Waals surface area contributed by atoms with Crippen LogP contribution in [0.4, 0.5) is 4.79 Å². The molecule has 16 heavy (non-hydrogen) atoms. The largest absolute Gasteiger partial charge is 0.444 e. The van der Waals surface area contributed by atoms with Crippen LogP contribution in [0, 0.1) is 0 Å². The lowest BCUT2D eigenvalue weighted by molar-refractivity contribution is 0.0515. The van der Waals surface area contributed by atoms with Gasteiger partial charge in [0, 0.05) is 12.4 Å². The topological polar surface area (TPSA) is 73.2 Å². The van der Waals surface area contributed by atoms with E-state index in [1.807, 2.05) is 0 Å². The lowest BCUT2D eigenvalue weighted by atomic mass is 10.2. The third-order valence-corrected chi connectivity index (χ3v) is 1.58. The van der Waals surface area contributed by atoms with E-state index in [2.05, 4.69) is 10.3 Å². The summed E-state index contributed by atoms with van der Waals surface area (Å²) < 4.78 is 6.27. The summed E-state index contributed by atoms with van der Waals surface area (Å²) in [5, 5.41) is 2.37. The van der Waals surface area contributed by atoms with Crippen LogP contribution in [0.3, 0.4) is 0 Å². The lowest BCUT2D eigenvalue weighted by Gasteiger charge is -2.19. The highest BCUT2D eigenvalue weighted by atomic mass is 16.6. The zero-order valence-corrected chi connectivity index (χ0v) is 9.56. The molecule has 1 amide bonds. The molecule has 0 aliphatic rings. The molecule has 0 spiro atoms. The van der Waals surface area contributed by atoms with Gasteiger partial charge in [-0.15, -0.1) is 0 Å². The number of ether oxygens (including phenoxy) is 1. The summed E-state index contributed by atoms with van der Waals surface area (Å²) >= 11 is 0. The molecule has 0 saturated carbocycles. The molecule has 88 valence electrons. The molecular formula is C10H15N3O3. The van der Waals surface area contributed by atoms with E-state index < -0.39 is 11.7 Å². The first-order chi connectivity index (χ1) is 7.38. The molecule has 0 aliphatic heterocycles. The monoisotopic (exact) mass is 225 g/mol. The third-order valence-electron chi connectivity index (χ3n) is 1.58. The van der Waals surface area contributed by atoms with Crippen LogP contribution in [0.2, 0.25) is 0 Å². The molecule has 0 aliphatic carbocycles. The van der Waals surface area contributed by atoms with Crippen molar-refractivity contribution in [1.29, 1.82) is 0 Å². The number of carbonyl (C=O) groups excluding carboxylic acids is 2. The van der Waals surface area contributed by atoms with Crippen LogP contribution in [0.1, 0.15) is 25.6 Å². The summed E-state index contributed by atoms with van der Waals surface area (Å²) in [6.45, 7) is 5.14. The lowest BCUT2D eigenvalue weighted by Crippen LogP contribution is -2.36. The van der Waals surface area contributed by atoms with Gasteiger partial charge in [-0.2, -0.15) is 0 Å². The van der Waals surface area contributed by atoms with E-state index in [0.29, 0.717) is 0 Å². The molecule has 0 bridgehead atoms. The first-order valence-corrected chi connectivity index (χ1v) is 4.86. The normalized spacial score (nSPS) is 10.9. The molecule has 1 rings (SSSR count). The summed E-state index contributed by atoms with van der Waals surface area (Å²) in [6.07, 6.45) is 3.77. The van der Waals surface area contributed by atoms with Gasteiger partial charge < -0.3 is 10.1 Å². The second-order valence-corrected chi connectivity index (χ2v) is 4.22. The Morgan fingerprint density at radius 2 is 2.12 bits per heavy atom. The number of amides is 1. The van der Waals surface area contributed by atoms with Crippen molar-refractivity contribution in [3.63, 3.8) is 0 Å². The number of rotatable bonds is 2. The SMILES string of the molecule is CC(C)(C)OC(=O)NCC(=O)n1ccnc1. The molecule has 0 unspecified atom stereocenters. The second kappa shape index (κ2) is 4.78. The molecule has 1 aromatic heterocycles. The fourth-order valence-corrected chi connectivity index (χ4v) is 0.960. The van der Waals surface area contributed by atoms with Crippen LogP contribution in [0.5, 0.6) is 0 Å². The molecular weight excluding hydrogens is 210 g/mol. The van der Waals surface area contributed by atoms with Crippen molar-refractivity contribution in [3.8, 4) is 0 Å². The van der Waals surface area contributed by atoms with Gasteiger partial charge in [-0.3, -0.25) is 9.36 Å². The minimum absolute atomic E-state index is 0.120. The Hall–Kier alpha value is -1.85. The Morgan fingerprint density at radius 3 is 2.62 bits per heavy atom. The van der Waals surface area contributed by atoms with Gasteiger partial charge in [0.25, 0.3) is 5.91 Å². The Balaban J connectivity index is 2.35. The number of imidazole rings is 1. The fourth-order valence-electron chi connectivity index (χ4n) is 0.960. The summed E-state index contributed by atoms with van der Waals surface area (Å²) in [5.74, 6) is -0.275. The Labute approximate surface area is 93.6 Å². The van der Waals surface area contributed by atoms with Gasteiger partial charge in [-0.05, 0) is 20.8 Å². The van der Waals surface area contributed by atoms with Crippen molar-refractivity contribution in [2.45, 2.75) is 26.4 Å². The van der Waals surface area contributed by atoms with E-state index >= 15 is 0 Å². The summed E-state index contributed by atoms with van der Waals surface area (Å²) in [5.41, 5.74) is -0.567. The molecule has 0 saturated heterocycles. The highest BCUT2D eigenvalue weighted by Gasteiger charge is 2.16. The number of nitrogens with zero attached hydrogens (tertiary/aromatic N) is 2. The Bertz CT molecular complexity index is 365. The molecule has 0 aromatic carbocycles. The van der Waals surface area contributed by atoms with Crippen molar-refractivity contribution >= 4 is 12.0 Å². The van der Waals surface area contributed by atoms with Gasteiger partial charge in [-0.1, -0.05) is 0 Å². The van der Waals surface area contributed by atoms with Crippen molar-refractivity contribution in [1.82, 2.24) is 14.9 Å². The van der Waals surface area contributed by atoms with Gasteiger partial charge in [0.2, 0.25) is 0 Å². The van der Waals surface area contributed by atoms with Gasteiger partial charge >= 0.3 is 6.09 Å². The standard InChI is InChI=1S/C10H15N3O3/c1-10(2,3)16-9(15)12-6-8(14)13-5-4-11-7-13/h4-5,7H,6H2,1-3H3,(H,12,15). The first kappa shape index (κ1) is 12.2. The maximum Gasteiger partial charge on any atom is 0.408 e. The summed E-state index contributed by atoms with van der Waals surface area (Å²) in [4.78, 5) is 26.4. The molecule has 0 radical (unpaired) electrons. The van der Waals surface area contributed by atoms with Crippen molar-refractivity contribution in [2.75, 3.05) is 6.54 Å². The van der Waals surface area contributed by atoms with Gasteiger partial charge in [0.15, 0.2) is 0 Å². The number of hydrogen-bond acceptors (Lipinski definition) is 4. The van der Waals surface area contributed by atoms with Crippen LogP contribution in [0.15, 0.2) is 18.7 Å². The smallest absolute Gasteiger partial charge is 0.408 e. The Kier molecular flexibility index (Phi) is 3.65. The van der Waals surface area contributed by atoms with Gasteiger partial charge in [0.05, 0.1) is 0 Å².